The van der Waals surface area contributed by atoms with E-state index in [9.17, 15) is 25.5 Å². The van der Waals surface area contributed by atoms with Gasteiger partial charge in [-0.05, 0) is 163 Å². The van der Waals surface area contributed by atoms with E-state index in [1.54, 1.807) is 29.3 Å². The number of hydrogen-bond donors (Lipinski definition) is 5. The van der Waals surface area contributed by atoms with Crippen molar-refractivity contribution in [2.24, 2.45) is 5.92 Å². The summed E-state index contributed by atoms with van der Waals surface area (Å²) >= 11 is 0. The molecule has 0 heterocycles. The number of nitrogens with zero attached hydrogens (tertiary/aromatic N) is 1. The molecule has 0 bridgehead atoms. The van der Waals surface area contributed by atoms with Crippen molar-refractivity contribution in [1.82, 2.24) is 4.90 Å². The Morgan fingerprint density at radius 1 is 0.606 bits per heavy atom. The molecule has 5 N–H and O–H groups in total. The highest BCUT2D eigenvalue weighted by molar-refractivity contribution is 5.38. The van der Waals surface area contributed by atoms with E-state index in [0.29, 0.717) is 36.6 Å². The maximum absolute atomic E-state index is 11.3. The maximum Gasteiger partial charge on any atom is 0.121 e. The maximum atomic E-state index is 11.3. The lowest BCUT2D eigenvalue weighted by Crippen LogP contribution is -2.29. The number of rotatable bonds is 36. The average molecular weight is 908 g/mol. The lowest BCUT2D eigenvalue weighted by atomic mass is 9.82. The van der Waals surface area contributed by atoms with Crippen molar-refractivity contribution in [3.8, 4) is 11.5 Å². The van der Waals surface area contributed by atoms with Gasteiger partial charge < -0.3 is 35.0 Å². The lowest BCUT2D eigenvalue weighted by Gasteiger charge is -2.27. The Balaban J connectivity index is 0.979. The van der Waals surface area contributed by atoms with Crippen molar-refractivity contribution < 1.29 is 35.0 Å². The number of aromatic hydroxyl groups is 2. The highest BCUT2D eigenvalue weighted by Crippen LogP contribution is 2.36. The highest BCUT2D eigenvalue weighted by Gasteiger charge is 2.20. The highest BCUT2D eigenvalue weighted by atomic mass is 16.5. The Hall–Kier alpha value is -3.76. The van der Waals surface area contributed by atoms with Crippen molar-refractivity contribution >= 4 is 0 Å². The van der Waals surface area contributed by atoms with Crippen LogP contribution in [0.25, 0.3) is 0 Å². The summed E-state index contributed by atoms with van der Waals surface area (Å²) in [7, 11) is 0. The molecule has 0 aliphatic heterocycles. The van der Waals surface area contributed by atoms with Crippen molar-refractivity contribution in [2.75, 3.05) is 39.5 Å². The number of hydrogen-bond acceptors (Lipinski definition) is 8. The largest absolute Gasteiger partial charge is 0.508 e. The molecule has 364 valence electrons. The third-order valence-electron chi connectivity index (χ3n) is 13.7. The van der Waals surface area contributed by atoms with Crippen LogP contribution in [0.3, 0.4) is 0 Å². The average Bonchev–Trinajstić information content (AvgIpc) is 3.32. The number of phenols is 2. The Morgan fingerprint density at radius 3 is 1.82 bits per heavy atom. The molecular formula is C58H85NO7. The Kier molecular flexibility index (Phi) is 25.2. The minimum absolute atomic E-state index is 0.00208. The number of aliphatic hydroxyl groups is 3. The van der Waals surface area contributed by atoms with Crippen LogP contribution in [-0.4, -0.2) is 69.9 Å². The van der Waals surface area contributed by atoms with E-state index >= 15 is 0 Å². The topological polar surface area (TPSA) is 123 Å². The molecule has 2 aliphatic rings. The van der Waals surface area contributed by atoms with Gasteiger partial charge in [0.25, 0.3) is 0 Å². The SMILES string of the molecule is CC1C=CC(CCCCOCCCCCCCC2=C(CCCC(O)c3ccc(O)c(CN(CCCCCCOCCCCc4ccccc4)CC(O)c4ccc(O)c(CO)c4)c3)CC2)=CC1. The van der Waals surface area contributed by atoms with E-state index in [0.717, 1.165) is 115 Å². The van der Waals surface area contributed by atoms with Crippen molar-refractivity contribution in [3.63, 3.8) is 0 Å². The lowest BCUT2D eigenvalue weighted by molar-refractivity contribution is 0.106. The molecule has 66 heavy (non-hydrogen) atoms. The number of ether oxygens (including phenoxy) is 2. The quantitative estimate of drug-likeness (QED) is 0.0289. The third kappa shape index (κ3) is 20.2. The van der Waals surface area contributed by atoms with Gasteiger partial charge in [0.05, 0.1) is 18.8 Å². The summed E-state index contributed by atoms with van der Waals surface area (Å²) in [5, 5.41) is 53.5. The standard InChI is InChI=1S/C58H85NO7/c1-46-26-28-48(29-27-46)22-12-17-40-65-37-14-5-2-3-10-23-49-30-31-50(49)24-18-25-55(61)51-32-34-56(62)53(41-51)43-59(44-58(64)52-33-35-57(63)54(42-52)45-60)36-13-4-6-15-38-66-39-16-11-21-47-19-8-7-9-20-47/h7-9,19-20,26,28-29,32-35,41-42,46,55,58,60-64H,2-6,10-18,21-25,27,30-31,36-40,43-45H2,1H3. The number of allylic oxidation sites excluding steroid dienone is 6. The molecule has 3 unspecified atom stereocenters. The second-order valence-electron chi connectivity index (χ2n) is 19.2. The van der Waals surface area contributed by atoms with Crippen LogP contribution in [-0.2, 0) is 29.0 Å². The molecule has 8 heteroatoms. The monoisotopic (exact) mass is 908 g/mol. The fourth-order valence-corrected chi connectivity index (χ4v) is 9.30. The molecule has 0 fully saturated rings. The van der Waals surface area contributed by atoms with Gasteiger partial charge in [0.1, 0.15) is 11.5 Å². The van der Waals surface area contributed by atoms with Crippen LogP contribution in [0.4, 0.5) is 0 Å². The summed E-state index contributed by atoms with van der Waals surface area (Å²) < 4.78 is 11.8. The smallest absolute Gasteiger partial charge is 0.121 e. The van der Waals surface area contributed by atoms with Crippen LogP contribution in [0.15, 0.2) is 102 Å². The molecule has 5 rings (SSSR count). The Labute approximate surface area is 398 Å². The van der Waals surface area contributed by atoms with Gasteiger partial charge >= 0.3 is 0 Å². The number of aliphatic hydroxyl groups excluding tert-OH is 3. The van der Waals surface area contributed by atoms with Gasteiger partial charge in [-0.25, -0.2) is 0 Å². The van der Waals surface area contributed by atoms with E-state index in [2.05, 4.69) is 60.4 Å². The molecule has 8 nitrogen and oxygen atoms in total. The molecule has 0 aromatic heterocycles. The van der Waals surface area contributed by atoms with E-state index in [-0.39, 0.29) is 18.1 Å². The summed E-state index contributed by atoms with van der Waals surface area (Å²) in [4.78, 5) is 2.15. The molecule has 0 amide bonds. The zero-order valence-electron chi connectivity index (χ0n) is 40.5. The molecule has 2 aliphatic carbocycles. The molecule has 3 aromatic carbocycles. The van der Waals surface area contributed by atoms with E-state index in [1.165, 1.54) is 81.4 Å². The van der Waals surface area contributed by atoms with E-state index in [1.807, 2.05) is 12.1 Å². The first-order valence-electron chi connectivity index (χ1n) is 25.9. The van der Waals surface area contributed by atoms with Crippen molar-refractivity contribution in [1.29, 1.82) is 0 Å². The first-order valence-corrected chi connectivity index (χ1v) is 25.9. The summed E-state index contributed by atoms with van der Waals surface area (Å²) in [6.07, 6.45) is 30.1. The van der Waals surface area contributed by atoms with Gasteiger partial charge in [0, 0.05) is 50.6 Å². The minimum atomic E-state index is -0.852. The van der Waals surface area contributed by atoms with Crippen LogP contribution in [0.5, 0.6) is 11.5 Å². The predicted octanol–water partition coefficient (Wildman–Crippen LogP) is 13.1. The first kappa shape index (κ1) is 53.2. The number of phenolic OH excluding ortho intramolecular Hbond substituents is 1. The molecule has 0 saturated carbocycles. The Morgan fingerprint density at radius 2 is 1.17 bits per heavy atom. The van der Waals surface area contributed by atoms with Gasteiger partial charge in [-0.1, -0.05) is 116 Å². The Bertz CT molecular complexity index is 1890. The number of aryl methyl sites for hydroxylation is 1. The molecule has 0 radical (unpaired) electrons. The van der Waals surface area contributed by atoms with E-state index < -0.39 is 12.2 Å². The van der Waals surface area contributed by atoms with Crippen molar-refractivity contribution in [2.45, 2.75) is 174 Å². The van der Waals surface area contributed by atoms with Crippen LogP contribution in [0.2, 0.25) is 0 Å². The molecular weight excluding hydrogens is 823 g/mol. The molecule has 0 spiro atoms. The number of unbranched alkanes of at least 4 members (excludes halogenated alkanes) is 9. The summed E-state index contributed by atoms with van der Waals surface area (Å²) in [5.74, 6) is 0.870. The minimum Gasteiger partial charge on any atom is -0.508 e. The van der Waals surface area contributed by atoms with Gasteiger partial charge in [0.2, 0.25) is 0 Å². The second-order valence-corrected chi connectivity index (χ2v) is 19.2. The zero-order valence-corrected chi connectivity index (χ0v) is 40.5. The zero-order chi connectivity index (χ0) is 46.6. The fraction of sp³-hybridized carbons (Fsp3) is 0.586. The first-order chi connectivity index (χ1) is 32.3. The van der Waals surface area contributed by atoms with Crippen LogP contribution < -0.4 is 0 Å². The van der Waals surface area contributed by atoms with Crippen LogP contribution >= 0.6 is 0 Å². The fourth-order valence-electron chi connectivity index (χ4n) is 9.30. The van der Waals surface area contributed by atoms with Gasteiger partial charge in [-0.15, -0.1) is 0 Å². The van der Waals surface area contributed by atoms with Gasteiger partial charge in [-0.3, -0.25) is 4.90 Å². The molecule has 0 saturated heterocycles. The predicted molar refractivity (Wildman–Crippen MR) is 269 cm³/mol. The number of benzene rings is 3. The summed E-state index contributed by atoms with van der Waals surface area (Å²) in [6.45, 7) is 6.74. The van der Waals surface area contributed by atoms with Crippen LogP contribution in [0.1, 0.15) is 182 Å². The molecule has 3 atom stereocenters. The normalized spacial score (nSPS) is 15.9. The molecule has 3 aromatic rings. The van der Waals surface area contributed by atoms with E-state index in [4.69, 9.17) is 9.47 Å². The summed E-state index contributed by atoms with van der Waals surface area (Å²) in [5.41, 5.74) is 8.65. The third-order valence-corrected chi connectivity index (χ3v) is 13.7. The second kappa shape index (κ2) is 31.3. The van der Waals surface area contributed by atoms with Gasteiger partial charge in [-0.2, -0.15) is 0 Å². The summed E-state index contributed by atoms with van der Waals surface area (Å²) in [6, 6.07) is 20.9. The van der Waals surface area contributed by atoms with Crippen LogP contribution in [0, 0.1) is 5.92 Å². The van der Waals surface area contributed by atoms with Crippen molar-refractivity contribution in [3.05, 3.63) is 129 Å². The van der Waals surface area contributed by atoms with Gasteiger partial charge in [0.15, 0.2) is 0 Å².